The predicted molar refractivity (Wildman–Crippen MR) is 88.7 cm³/mol. The number of carbonyl (C=O) groups is 1. The third kappa shape index (κ3) is 4.44. The summed E-state index contributed by atoms with van der Waals surface area (Å²) in [6, 6.07) is 8.87. The van der Waals surface area contributed by atoms with E-state index in [0.717, 1.165) is 11.3 Å². The van der Waals surface area contributed by atoms with Gasteiger partial charge in [0.25, 0.3) is 5.91 Å². The van der Waals surface area contributed by atoms with Crippen LogP contribution in [-0.2, 0) is 4.74 Å². The number of benzene rings is 1. The van der Waals surface area contributed by atoms with E-state index in [2.05, 4.69) is 15.6 Å². The van der Waals surface area contributed by atoms with Crippen LogP contribution in [0.4, 0.5) is 11.4 Å². The molecule has 0 bridgehead atoms. The molecule has 0 radical (unpaired) electrons. The number of methoxy groups -OCH3 is 1. The molecular weight excluding hydrogens is 302 g/mol. The minimum atomic E-state index is -0.282. The monoisotopic (exact) mass is 319 g/mol. The molecule has 0 saturated carbocycles. The number of carbonyl (C=O) groups excluding carboxylic acids is 1. The van der Waals surface area contributed by atoms with E-state index in [0.29, 0.717) is 29.6 Å². The zero-order valence-corrected chi connectivity index (χ0v) is 13.3. The van der Waals surface area contributed by atoms with Gasteiger partial charge < -0.3 is 15.4 Å². The van der Waals surface area contributed by atoms with Crippen LogP contribution in [0, 0.1) is 6.92 Å². The van der Waals surface area contributed by atoms with Crippen molar-refractivity contribution in [2.75, 3.05) is 30.9 Å². The molecule has 0 aliphatic carbocycles. The molecule has 0 unspecified atom stereocenters. The Morgan fingerprint density at radius 1 is 1.27 bits per heavy atom. The minimum absolute atomic E-state index is 0.282. The number of halogens is 1. The van der Waals surface area contributed by atoms with Gasteiger partial charge in [0.05, 0.1) is 6.61 Å². The van der Waals surface area contributed by atoms with E-state index in [9.17, 15) is 4.79 Å². The van der Waals surface area contributed by atoms with Gasteiger partial charge in [-0.2, -0.15) is 0 Å². The predicted octanol–water partition coefficient (Wildman–Crippen LogP) is 3.35. The third-order valence-electron chi connectivity index (χ3n) is 3.06. The zero-order valence-electron chi connectivity index (χ0n) is 12.5. The lowest BCUT2D eigenvalue weighted by Crippen LogP contribution is -2.14. The first-order chi connectivity index (χ1) is 10.6. The summed E-state index contributed by atoms with van der Waals surface area (Å²) >= 11 is 6.05. The molecule has 2 rings (SSSR count). The average molecular weight is 320 g/mol. The summed E-state index contributed by atoms with van der Waals surface area (Å²) in [6.45, 7) is 3.16. The number of rotatable bonds is 6. The molecule has 2 aromatic rings. The number of ether oxygens (including phenoxy) is 1. The molecule has 1 aromatic carbocycles. The summed E-state index contributed by atoms with van der Waals surface area (Å²) in [5, 5.41) is 6.55. The summed E-state index contributed by atoms with van der Waals surface area (Å²) in [5.74, 6) is -0.282. The van der Waals surface area contributed by atoms with Crippen LogP contribution in [0.3, 0.4) is 0 Å². The quantitative estimate of drug-likeness (QED) is 0.801. The lowest BCUT2D eigenvalue weighted by molar-refractivity contribution is 0.102. The lowest BCUT2D eigenvalue weighted by Gasteiger charge is -2.09. The smallest absolute Gasteiger partial charge is 0.274 e. The summed E-state index contributed by atoms with van der Waals surface area (Å²) in [6.07, 6.45) is 1.59. The summed E-state index contributed by atoms with van der Waals surface area (Å²) < 4.78 is 4.97. The van der Waals surface area contributed by atoms with E-state index < -0.39 is 0 Å². The Balaban J connectivity index is 2.05. The van der Waals surface area contributed by atoms with E-state index >= 15 is 0 Å². The second kappa shape index (κ2) is 7.77. The fourth-order valence-electron chi connectivity index (χ4n) is 1.83. The number of anilines is 2. The van der Waals surface area contributed by atoms with E-state index in [1.807, 2.05) is 13.0 Å². The largest absolute Gasteiger partial charge is 0.383 e. The number of nitrogens with zero attached hydrogens (tertiary/aromatic N) is 1. The number of hydrogen-bond donors (Lipinski definition) is 2. The van der Waals surface area contributed by atoms with Crippen molar-refractivity contribution in [3.63, 3.8) is 0 Å². The van der Waals surface area contributed by atoms with Gasteiger partial charge in [-0.3, -0.25) is 9.78 Å². The Morgan fingerprint density at radius 2 is 2.09 bits per heavy atom. The molecule has 1 aromatic heterocycles. The highest BCUT2D eigenvalue weighted by molar-refractivity contribution is 6.31. The number of nitrogens with one attached hydrogen (secondary N) is 2. The zero-order chi connectivity index (χ0) is 15.9. The van der Waals surface area contributed by atoms with Crippen molar-refractivity contribution in [3.05, 3.63) is 52.8 Å². The highest BCUT2D eigenvalue weighted by Crippen LogP contribution is 2.20. The Bertz CT molecular complexity index is 662. The number of aryl methyl sites for hydroxylation is 1. The van der Waals surface area contributed by atoms with Crippen LogP contribution in [0.25, 0.3) is 0 Å². The van der Waals surface area contributed by atoms with Crippen molar-refractivity contribution in [3.8, 4) is 0 Å². The van der Waals surface area contributed by atoms with Crippen molar-refractivity contribution >= 4 is 28.9 Å². The highest BCUT2D eigenvalue weighted by Gasteiger charge is 2.09. The van der Waals surface area contributed by atoms with E-state index in [4.69, 9.17) is 16.3 Å². The van der Waals surface area contributed by atoms with Gasteiger partial charge >= 0.3 is 0 Å². The van der Waals surface area contributed by atoms with Gasteiger partial charge in [0.1, 0.15) is 5.69 Å². The van der Waals surface area contributed by atoms with Crippen LogP contribution in [0.2, 0.25) is 5.02 Å². The van der Waals surface area contributed by atoms with Gasteiger partial charge in [-0.15, -0.1) is 0 Å². The van der Waals surface area contributed by atoms with Crippen molar-refractivity contribution < 1.29 is 9.53 Å². The fraction of sp³-hybridized carbons (Fsp3) is 0.250. The van der Waals surface area contributed by atoms with Gasteiger partial charge in [0, 0.05) is 36.2 Å². The first-order valence-corrected chi connectivity index (χ1v) is 7.24. The third-order valence-corrected chi connectivity index (χ3v) is 3.46. The van der Waals surface area contributed by atoms with Crippen LogP contribution in [0.15, 0.2) is 36.5 Å². The number of hydrogen-bond acceptors (Lipinski definition) is 4. The van der Waals surface area contributed by atoms with Crippen molar-refractivity contribution in [2.45, 2.75) is 6.92 Å². The Hall–Kier alpha value is -2.11. The number of pyridine rings is 1. The molecular formula is C16H18ClN3O2. The number of amides is 1. The fourth-order valence-corrected chi connectivity index (χ4v) is 2.01. The van der Waals surface area contributed by atoms with Crippen LogP contribution >= 0.6 is 11.6 Å². The molecule has 2 N–H and O–H groups in total. The molecule has 0 aliphatic heterocycles. The molecule has 0 aliphatic rings. The second-order valence-corrected chi connectivity index (χ2v) is 5.17. The Morgan fingerprint density at radius 3 is 2.82 bits per heavy atom. The molecule has 6 heteroatoms. The molecule has 5 nitrogen and oxygen atoms in total. The van der Waals surface area contributed by atoms with Crippen molar-refractivity contribution in [1.29, 1.82) is 0 Å². The summed E-state index contributed by atoms with van der Waals surface area (Å²) in [7, 11) is 1.64. The first-order valence-electron chi connectivity index (χ1n) is 6.86. The standard InChI is InChI=1S/C16H18ClN3O2/c1-11-3-4-13(9-14(11)17)20-16(21)15-10-12(5-6-19-15)18-7-8-22-2/h3-6,9-10H,7-8H2,1-2H3,(H,18,19)(H,20,21). The van der Waals surface area contributed by atoms with Gasteiger partial charge in [0.2, 0.25) is 0 Å². The molecule has 0 atom stereocenters. The molecule has 0 saturated heterocycles. The molecule has 1 amide bonds. The van der Waals surface area contributed by atoms with Gasteiger partial charge in [-0.1, -0.05) is 17.7 Å². The maximum Gasteiger partial charge on any atom is 0.274 e. The topological polar surface area (TPSA) is 63.2 Å². The number of aromatic nitrogens is 1. The maximum absolute atomic E-state index is 12.2. The summed E-state index contributed by atoms with van der Waals surface area (Å²) in [4.78, 5) is 16.3. The van der Waals surface area contributed by atoms with Crippen LogP contribution in [-0.4, -0.2) is 31.2 Å². The normalized spacial score (nSPS) is 10.3. The van der Waals surface area contributed by atoms with E-state index in [1.54, 1.807) is 37.6 Å². The Kier molecular flexibility index (Phi) is 5.75. The lowest BCUT2D eigenvalue weighted by atomic mass is 10.2. The molecule has 22 heavy (non-hydrogen) atoms. The Labute approximate surface area is 134 Å². The van der Waals surface area contributed by atoms with Crippen LogP contribution in [0.1, 0.15) is 16.1 Å². The van der Waals surface area contributed by atoms with Crippen molar-refractivity contribution in [2.24, 2.45) is 0 Å². The molecule has 0 spiro atoms. The first kappa shape index (κ1) is 16.3. The van der Waals surface area contributed by atoms with E-state index in [-0.39, 0.29) is 5.91 Å². The van der Waals surface area contributed by atoms with Gasteiger partial charge in [-0.25, -0.2) is 0 Å². The van der Waals surface area contributed by atoms with Gasteiger partial charge in [-0.05, 0) is 36.8 Å². The van der Waals surface area contributed by atoms with Crippen molar-refractivity contribution in [1.82, 2.24) is 4.98 Å². The molecule has 0 fully saturated rings. The second-order valence-electron chi connectivity index (χ2n) is 4.77. The van der Waals surface area contributed by atoms with Gasteiger partial charge in [0.15, 0.2) is 0 Å². The summed E-state index contributed by atoms with van der Waals surface area (Å²) in [5.41, 5.74) is 2.75. The molecule has 116 valence electrons. The SMILES string of the molecule is COCCNc1ccnc(C(=O)Nc2ccc(C)c(Cl)c2)c1. The minimum Gasteiger partial charge on any atom is -0.383 e. The highest BCUT2D eigenvalue weighted by atomic mass is 35.5. The van der Waals surface area contributed by atoms with Crippen LogP contribution in [0.5, 0.6) is 0 Å². The van der Waals surface area contributed by atoms with E-state index in [1.165, 1.54) is 0 Å². The van der Waals surface area contributed by atoms with Crippen LogP contribution < -0.4 is 10.6 Å². The average Bonchev–Trinajstić information content (AvgIpc) is 2.51. The maximum atomic E-state index is 12.2. The molecule has 1 heterocycles.